The second-order valence-electron chi connectivity index (χ2n) is 6.23. The number of ether oxygens (including phenoxy) is 3. The summed E-state index contributed by atoms with van der Waals surface area (Å²) in [6, 6.07) is 10.7. The van der Waals surface area contributed by atoms with Gasteiger partial charge in [-0.25, -0.2) is 0 Å². The summed E-state index contributed by atoms with van der Waals surface area (Å²) in [7, 11) is 3.03. The van der Waals surface area contributed by atoms with Gasteiger partial charge in [-0.15, -0.1) is 0 Å². The summed E-state index contributed by atoms with van der Waals surface area (Å²) in [5.74, 6) is 0.151. The van der Waals surface area contributed by atoms with E-state index in [2.05, 4.69) is 4.99 Å². The number of hydrogen-bond donors (Lipinski definition) is 0. The fourth-order valence-corrected chi connectivity index (χ4v) is 4.00. The minimum Gasteiger partial charge on any atom is -0.493 e. The van der Waals surface area contributed by atoms with Gasteiger partial charge in [0.2, 0.25) is 0 Å². The van der Waals surface area contributed by atoms with Crippen LogP contribution in [0.2, 0.25) is 0 Å². The molecule has 0 unspecified atom stereocenters. The molecule has 0 N–H and O–H groups in total. The average molecular weight is 414 g/mol. The number of carbonyl (C=O) groups excluding carboxylic acids is 2. The second-order valence-corrected chi connectivity index (χ2v) is 7.24. The van der Waals surface area contributed by atoms with E-state index in [9.17, 15) is 9.59 Å². The average Bonchev–Trinajstić information content (AvgIpc) is 3.03. The van der Waals surface area contributed by atoms with E-state index in [1.807, 2.05) is 25.1 Å². The van der Waals surface area contributed by atoms with Crippen molar-refractivity contribution < 1.29 is 23.8 Å². The molecule has 1 aromatic heterocycles. The van der Waals surface area contributed by atoms with Crippen molar-refractivity contribution in [2.75, 3.05) is 20.8 Å². The first-order valence-corrected chi connectivity index (χ1v) is 9.85. The van der Waals surface area contributed by atoms with Crippen LogP contribution < -0.4 is 14.3 Å². The van der Waals surface area contributed by atoms with Gasteiger partial charge in [-0.2, -0.15) is 4.99 Å². The maximum atomic E-state index is 12.8. The molecule has 152 valence electrons. The molecular formula is C21H22N2O5S. The molecule has 0 fully saturated rings. The zero-order valence-electron chi connectivity index (χ0n) is 16.7. The summed E-state index contributed by atoms with van der Waals surface area (Å²) in [4.78, 5) is 29.6. The van der Waals surface area contributed by atoms with Crippen LogP contribution in [0.3, 0.4) is 0 Å². The SMILES string of the molecule is CCOC(=O)Cn1c(=NC(=O)c2ccc(OC)c(OC)c2)sc2cc(C)ccc21. The van der Waals surface area contributed by atoms with Crippen molar-refractivity contribution in [3.63, 3.8) is 0 Å². The van der Waals surface area contributed by atoms with Gasteiger partial charge in [0.25, 0.3) is 5.91 Å². The molecule has 0 aliphatic heterocycles. The molecule has 0 saturated carbocycles. The largest absolute Gasteiger partial charge is 0.493 e. The Hall–Kier alpha value is -3.13. The van der Waals surface area contributed by atoms with Crippen molar-refractivity contribution in [1.82, 2.24) is 4.57 Å². The number of hydrogen-bond acceptors (Lipinski definition) is 6. The predicted molar refractivity (Wildman–Crippen MR) is 111 cm³/mol. The molecule has 1 heterocycles. The van der Waals surface area contributed by atoms with Crippen molar-refractivity contribution in [2.45, 2.75) is 20.4 Å². The lowest BCUT2D eigenvalue weighted by Gasteiger charge is -2.08. The number of amides is 1. The molecule has 8 heteroatoms. The molecule has 0 saturated heterocycles. The van der Waals surface area contributed by atoms with E-state index in [1.54, 1.807) is 29.7 Å². The molecule has 29 heavy (non-hydrogen) atoms. The first kappa shape index (κ1) is 20.6. The molecule has 2 aromatic carbocycles. The smallest absolute Gasteiger partial charge is 0.326 e. The number of methoxy groups -OCH3 is 2. The second kappa shape index (κ2) is 8.91. The van der Waals surface area contributed by atoms with Gasteiger partial charge in [0, 0.05) is 5.56 Å². The van der Waals surface area contributed by atoms with Gasteiger partial charge in [-0.05, 0) is 49.7 Å². The van der Waals surface area contributed by atoms with E-state index in [4.69, 9.17) is 14.2 Å². The summed E-state index contributed by atoms with van der Waals surface area (Å²) in [6.07, 6.45) is 0. The summed E-state index contributed by atoms with van der Waals surface area (Å²) < 4.78 is 18.2. The number of aryl methyl sites for hydroxylation is 1. The molecule has 0 spiro atoms. The molecule has 3 rings (SSSR count). The summed E-state index contributed by atoms with van der Waals surface area (Å²) in [5.41, 5.74) is 2.27. The Balaban J connectivity index is 2.08. The van der Waals surface area contributed by atoms with Crippen LogP contribution >= 0.6 is 11.3 Å². The normalized spacial score (nSPS) is 11.5. The fraction of sp³-hybridized carbons (Fsp3) is 0.286. The van der Waals surface area contributed by atoms with Crippen LogP contribution in [0.1, 0.15) is 22.8 Å². The van der Waals surface area contributed by atoms with Gasteiger partial charge in [0.15, 0.2) is 16.3 Å². The molecule has 0 atom stereocenters. The minimum absolute atomic E-state index is 0.0189. The van der Waals surface area contributed by atoms with Crippen molar-refractivity contribution in [3.8, 4) is 11.5 Å². The third-order valence-electron chi connectivity index (χ3n) is 4.26. The van der Waals surface area contributed by atoms with Crippen molar-refractivity contribution in [3.05, 3.63) is 52.3 Å². The zero-order valence-corrected chi connectivity index (χ0v) is 17.5. The Labute approximate surface area is 172 Å². The monoisotopic (exact) mass is 414 g/mol. The Morgan fingerprint density at radius 1 is 1.07 bits per heavy atom. The number of benzene rings is 2. The quantitative estimate of drug-likeness (QED) is 0.578. The maximum Gasteiger partial charge on any atom is 0.326 e. The summed E-state index contributed by atoms with van der Waals surface area (Å²) in [6.45, 7) is 4.01. The highest BCUT2D eigenvalue weighted by molar-refractivity contribution is 7.16. The topological polar surface area (TPSA) is 79.1 Å². The predicted octanol–water partition coefficient (Wildman–Crippen LogP) is 3.33. The molecular weight excluding hydrogens is 392 g/mol. The van der Waals surface area contributed by atoms with E-state index in [-0.39, 0.29) is 19.1 Å². The lowest BCUT2D eigenvalue weighted by Crippen LogP contribution is -2.23. The van der Waals surface area contributed by atoms with E-state index in [0.29, 0.717) is 21.9 Å². The standard InChI is InChI=1S/C21H22N2O5S/c1-5-28-19(24)12-23-15-8-6-13(2)10-18(15)29-21(23)22-20(25)14-7-9-16(26-3)17(11-14)27-4/h6-11H,5,12H2,1-4H3. The van der Waals surface area contributed by atoms with Crippen LogP contribution in [0.15, 0.2) is 41.4 Å². The number of fused-ring (bicyclic) bond motifs is 1. The number of thiazole rings is 1. The van der Waals surface area contributed by atoms with Gasteiger partial charge >= 0.3 is 5.97 Å². The number of esters is 1. The van der Waals surface area contributed by atoms with Crippen LogP contribution in [0.4, 0.5) is 0 Å². The molecule has 7 nitrogen and oxygen atoms in total. The lowest BCUT2D eigenvalue weighted by molar-refractivity contribution is -0.143. The van der Waals surface area contributed by atoms with Crippen molar-refractivity contribution >= 4 is 33.4 Å². The summed E-state index contributed by atoms with van der Waals surface area (Å²) in [5, 5.41) is 0. The maximum absolute atomic E-state index is 12.8. The first-order valence-electron chi connectivity index (χ1n) is 9.03. The highest BCUT2D eigenvalue weighted by Crippen LogP contribution is 2.28. The highest BCUT2D eigenvalue weighted by atomic mass is 32.1. The van der Waals surface area contributed by atoms with Crippen LogP contribution in [0.25, 0.3) is 10.2 Å². The third-order valence-corrected chi connectivity index (χ3v) is 5.30. The number of rotatable bonds is 6. The fourth-order valence-electron chi connectivity index (χ4n) is 2.87. The molecule has 0 aliphatic carbocycles. The number of aromatic nitrogens is 1. The lowest BCUT2D eigenvalue weighted by atomic mass is 10.2. The Kier molecular flexibility index (Phi) is 6.33. The van der Waals surface area contributed by atoms with Gasteiger partial charge in [-0.1, -0.05) is 17.4 Å². The molecule has 3 aromatic rings. The van der Waals surface area contributed by atoms with E-state index < -0.39 is 5.91 Å². The molecule has 0 bridgehead atoms. The van der Waals surface area contributed by atoms with Crippen molar-refractivity contribution in [1.29, 1.82) is 0 Å². The van der Waals surface area contributed by atoms with Crippen molar-refractivity contribution in [2.24, 2.45) is 4.99 Å². The highest BCUT2D eigenvalue weighted by Gasteiger charge is 2.14. The number of carbonyl (C=O) groups is 2. The Morgan fingerprint density at radius 3 is 2.52 bits per heavy atom. The van der Waals surface area contributed by atoms with Gasteiger partial charge in [0.1, 0.15) is 6.54 Å². The van der Waals surface area contributed by atoms with E-state index >= 15 is 0 Å². The third kappa shape index (κ3) is 4.48. The zero-order chi connectivity index (χ0) is 21.0. The van der Waals surface area contributed by atoms with E-state index in [1.165, 1.54) is 25.6 Å². The Morgan fingerprint density at radius 2 is 1.83 bits per heavy atom. The van der Waals surface area contributed by atoms with Gasteiger partial charge in [0.05, 0.1) is 31.0 Å². The van der Waals surface area contributed by atoms with Crippen LogP contribution in [-0.2, 0) is 16.1 Å². The molecule has 0 aliphatic rings. The van der Waals surface area contributed by atoms with Crippen LogP contribution in [0, 0.1) is 6.92 Å². The Bertz CT molecular complexity index is 1130. The van der Waals surface area contributed by atoms with Gasteiger partial charge in [-0.3, -0.25) is 9.59 Å². The van der Waals surface area contributed by atoms with Gasteiger partial charge < -0.3 is 18.8 Å². The summed E-state index contributed by atoms with van der Waals surface area (Å²) >= 11 is 1.35. The van der Waals surface area contributed by atoms with E-state index in [0.717, 1.165) is 15.8 Å². The minimum atomic E-state index is -0.438. The first-order chi connectivity index (χ1) is 14.0. The van der Waals surface area contributed by atoms with Crippen LogP contribution in [-0.4, -0.2) is 37.3 Å². The van der Waals surface area contributed by atoms with Crippen LogP contribution in [0.5, 0.6) is 11.5 Å². The molecule has 0 radical (unpaired) electrons. The molecule has 1 amide bonds. The number of nitrogens with zero attached hydrogens (tertiary/aromatic N) is 2.